The van der Waals surface area contributed by atoms with Crippen LogP contribution < -0.4 is 29.3 Å². The molecule has 2 aromatic rings. The number of amides is 2. The first-order valence-electron chi connectivity index (χ1n) is 10.0. The fourth-order valence-electron chi connectivity index (χ4n) is 3.60. The highest BCUT2D eigenvalue weighted by atomic mass is 16.5. The zero-order chi connectivity index (χ0) is 22.5. The van der Waals surface area contributed by atoms with Gasteiger partial charge in [0.1, 0.15) is 0 Å². The summed E-state index contributed by atoms with van der Waals surface area (Å²) in [6.45, 7) is 0.713. The highest BCUT2D eigenvalue weighted by Crippen LogP contribution is 2.42. The number of carbonyl (C=O) groups excluding carboxylic acids is 2. The van der Waals surface area contributed by atoms with Gasteiger partial charge in [0, 0.05) is 51.4 Å². The Bertz CT molecular complexity index is 918. The highest BCUT2D eigenvalue weighted by molar-refractivity contribution is 6.00. The number of benzene rings is 2. The van der Waals surface area contributed by atoms with E-state index in [1.165, 1.54) is 21.3 Å². The normalized spacial score (nSPS) is 15.6. The van der Waals surface area contributed by atoms with Gasteiger partial charge in [0.15, 0.2) is 11.5 Å². The molecule has 1 unspecified atom stereocenters. The molecule has 0 aromatic heterocycles. The standard InChI is InChI=1S/C23H29N3O5/c1-25(2)17-8-6-15(7-9-17)13-24-23(28)16-10-21(27)26(14-16)18-11-19(29-3)22(31-5)20(12-18)30-4/h6-9,11-12,16H,10,13-14H2,1-5H3,(H,24,28). The van der Waals surface area contributed by atoms with E-state index in [1.54, 1.807) is 17.0 Å². The molecule has 1 N–H and O–H groups in total. The monoisotopic (exact) mass is 427 g/mol. The Morgan fingerprint density at radius 3 is 2.19 bits per heavy atom. The highest BCUT2D eigenvalue weighted by Gasteiger charge is 2.35. The van der Waals surface area contributed by atoms with Crippen LogP contribution >= 0.6 is 0 Å². The van der Waals surface area contributed by atoms with Gasteiger partial charge < -0.3 is 29.3 Å². The van der Waals surface area contributed by atoms with Gasteiger partial charge in [0.2, 0.25) is 17.6 Å². The van der Waals surface area contributed by atoms with Crippen molar-refractivity contribution in [1.82, 2.24) is 5.32 Å². The average Bonchev–Trinajstić information content (AvgIpc) is 3.18. The molecule has 1 aliphatic heterocycles. The van der Waals surface area contributed by atoms with Gasteiger partial charge in [-0.15, -0.1) is 0 Å². The van der Waals surface area contributed by atoms with E-state index in [0.717, 1.165) is 11.3 Å². The number of hydrogen-bond acceptors (Lipinski definition) is 6. The van der Waals surface area contributed by atoms with E-state index in [9.17, 15) is 9.59 Å². The molecule has 0 bridgehead atoms. The van der Waals surface area contributed by atoms with Gasteiger partial charge in [-0.2, -0.15) is 0 Å². The Labute approximate surface area is 182 Å². The second-order valence-electron chi connectivity index (χ2n) is 7.57. The van der Waals surface area contributed by atoms with E-state index in [1.807, 2.05) is 43.3 Å². The lowest BCUT2D eigenvalue weighted by molar-refractivity contribution is -0.126. The second-order valence-corrected chi connectivity index (χ2v) is 7.57. The largest absolute Gasteiger partial charge is 0.493 e. The van der Waals surface area contributed by atoms with Crippen LogP contribution in [0.5, 0.6) is 17.2 Å². The van der Waals surface area contributed by atoms with Gasteiger partial charge in [-0.25, -0.2) is 0 Å². The van der Waals surface area contributed by atoms with Crippen molar-refractivity contribution in [1.29, 1.82) is 0 Å². The van der Waals surface area contributed by atoms with Crippen molar-refractivity contribution in [3.63, 3.8) is 0 Å². The predicted molar refractivity (Wildman–Crippen MR) is 119 cm³/mol. The third-order valence-electron chi connectivity index (χ3n) is 5.38. The molecule has 31 heavy (non-hydrogen) atoms. The van der Waals surface area contributed by atoms with Gasteiger partial charge in [-0.1, -0.05) is 12.1 Å². The van der Waals surface area contributed by atoms with E-state index < -0.39 is 5.92 Å². The number of ether oxygens (including phenoxy) is 3. The van der Waals surface area contributed by atoms with Crippen LogP contribution in [0.3, 0.4) is 0 Å². The zero-order valence-corrected chi connectivity index (χ0v) is 18.6. The van der Waals surface area contributed by atoms with E-state index in [4.69, 9.17) is 14.2 Å². The molecule has 8 heteroatoms. The molecule has 166 valence electrons. The molecule has 2 amide bonds. The summed E-state index contributed by atoms with van der Waals surface area (Å²) >= 11 is 0. The first-order chi connectivity index (χ1) is 14.9. The summed E-state index contributed by atoms with van der Waals surface area (Å²) in [4.78, 5) is 28.9. The fraction of sp³-hybridized carbons (Fsp3) is 0.391. The SMILES string of the molecule is COc1cc(N2CC(C(=O)NCc3ccc(N(C)C)cc3)CC2=O)cc(OC)c1OC. The maximum Gasteiger partial charge on any atom is 0.227 e. The smallest absolute Gasteiger partial charge is 0.227 e. The van der Waals surface area contributed by atoms with Gasteiger partial charge in [-0.3, -0.25) is 9.59 Å². The second kappa shape index (κ2) is 9.59. The first-order valence-corrected chi connectivity index (χ1v) is 10.0. The summed E-state index contributed by atoms with van der Waals surface area (Å²) in [6.07, 6.45) is 0.155. The summed E-state index contributed by atoms with van der Waals surface area (Å²) in [5.41, 5.74) is 2.70. The Morgan fingerprint density at radius 1 is 1.06 bits per heavy atom. The lowest BCUT2D eigenvalue weighted by Crippen LogP contribution is -2.32. The van der Waals surface area contributed by atoms with Gasteiger partial charge in [0.25, 0.3) is 0 Å². The summed E-state index contributed by atoms with van der Waals surface area (Å²) in [6, 6.07) is 11.4. The van der Waals surface area contributed by atoms with Crippen LogP contribution in [-0.4, -0.2) is 53.8 Å². The van der Waals surface area contributed by atoms with Crippen LogP contribution in [0.4, 0.5) is 11.4 Å². The van der Waals surface area contributed by atoms with Crippen molar-refractivity contribution in [2.45, 2.75) is 13.0 Å². The quantitative estimate of drug-likeness (QED) is 0.697. The molecule has 1 heterocycles. The molecule has 0 radical (unpaired) electrons. The summed E-state index contributed by atoms with van der Waals surface area (Å²) in [5.74, 6) is 0.685. The zero-order valence-electron chi connectivity index (χ0n) is 18.6. The molecule has 1 atom stereocenters. The number of anilines is 2. The van der Waals surface area contributed by atoms with E-state index in [-0.39, 0.29) is 18.2 Å². The minimum absolute atomic E-state index is 0.121. The maximum atomic E-state index is 12.7. The maximum absolute atomic E-state index is 12.7. The van der Waals surface area contributed by atoms with Gasteiger partial charge in [0.05, 0.1) is 32.9 Å². The van der Waals surface area contributed by atoms with Crippen molar-refractivity contribution < 1.29 is 23.8 Å². The van der Waals surface area contributed by atoms with Crippen LogP contribution in [0.1, 0.15) is 12.0 Å². The number of nitrogens with zero attached hydrogens (tertiary/aromatic N) is 2. The van der Waals surface area contributed by atoms with Crippen molar-refractivity contribution in [3.05, 3.63) is 42.0 Å². The van der Waals surface area contributed by atoms with Crippen molar-refractivity contribution in [2.24, 2.45) is 5.92 Å². The fourth-order valence-corrected chi connectivity index (χ4v) is 3.60. The summed E-state index contributed by atoms with van der Waals surface area (Å²) < 4.78 is 16.1. The van der Waals surface area contributed by atoms with E-state index >= 15 is 0 Å². The third kappa shape index (κ3) is 4.84. The number of hydrogen-bond donors (Lipinski definition) is 1. The van der Waals surface area contributed by atoms with Crippen LogP contribution in [0.25, 0.3) is 0 Å². The molecule has 0 saturated carbocycles. The van der Waals surface area contributed by atoms with Crippen molar-refractivity contribution >= 4 is 23.2 Å². The van der Waals surface area contributed by atoms with Gasteiger partial charge >= 0.3 is 0 Å². The Kier molecular flexibility index (Phi) is 6.89. The van der Waals surface area contributed by atoms with E-state index in [0.29, 0.717) is 36.0 Å². The summed E-state index contributed by atoms with van der Waals surface area (Å²) in [7, 11) is 8.53. The average molecular weight is 428 g/mol. The number of methoxy groups -OCH3 is 3. The molecular formula is C23H29N3O5. The lowest BCUT2D eigenvalue weighted by atomic mass is 10.1. The van der Waals surface area contributed by atoms with Crippen molar-refractivity contribution in [2.75, 3.05) is 51.8 Å². The molecule has 0 spiro atoms. The molecule has 1 aliphatic rings. The van der Waals surface area contributed by atoms with Crippen molar-refractivity contribution in [3.8, 4) is 17.2 Å². The van der Waals surface area contributed by atoms with Crippen LogP contribution in [-0.2, 0) is 16.1 Å². The molecule has 2 aromatic carbocycles. The van der Waals surface area contributed by atoms with Crippen LogP contribution in [0.15, 0.2) is 36.4 Å². The molecule has 1 saturated heterocycles. The van der Waals surface area contributed by atoms with Gasteiger partial charge in [-0.05, 0) is 17.7 Å². The number of rotatable bonds is 8. The minimum atomic E-state index is -0.423. The Balaban J connectivity index is 1.67. The Hall–Kier alpha value is -3.42. The number of nitrogens with one attached hydrogen (secondary N) is 1. The van der Waals surface area contributed by atoms with E-state index in [2.05, 4.69) is 5.32 Å². The Morgan fingerprint density at radius 2 is 1.68 bits per heavy atom. The first kappa shape index (κ1) is 22.3. The van der Waals surface area contributed by atoms with Crippen LogP contribution in [0, 0.1) is 5.92 Å². The molecular weight excluding hydrogens is 398 g/mol. The minimum Gasteiger partial charge on any atom is -0.493 e. The molecule has 1 fully saturated rings. The van der Waals surface area contributed by atoms with Crippen LogP contribution in [0.2, 0.25) is 0 Å². The summed E-state index contributed by atoms with van der Waals surface area (Å²) in [5, 5.41) is 2.94. The molecule has 3 rings (SSSR count). The topological polar surface area (TPSA) is 80.3 Å². The lowest BCUT2D eigenvalue weighted by Gasteiger charge is -2.20. The number of carbonyl (C=O) groups is 2. The predicted octanol–water partition coefficient (Wildman–Crippen LogP) is 2.45. The third-order valence-corrected chi connectivity index (χ3v) is 5.38. The molecule has 0 aliphatic carbocycles. The molecule has 8 nitrogen and oxygen atoms in total.